The van der Waals surface area contributed by atoms with E-state index in [1.165, 1.54) is 0 Å². The van der Waals surface area contributed by atoms with Crippen LogP contribution in [0.4, 0.5) is 0 Å². The van der Waals surface area contributed by atoms with Gasteiger partial charge in [-0.3, -0.25) is 4.79 Å². The molecule has 3 nitrogen and oxygen atoms in total. The number of rotatable bonds is 6. The fourth-order valence-corrected chi connectivity index (χ4v) is 2.59. The summed E-state index contributed by atoms with van der Waals surface area (Å²) in [7, 11) is 0. The third-order valence-corrected chi connectivity index (χ3v) is 4.06. The second-order valence-corrected chi connectivity index (χ2v) is 5.49. The molecule has 0 saturated heterocycles. The molecule has 0 heterocycles. The highest BCUT2D eigenvalue weighted by molar-refractivity contribution is 6.35. The SMILES string of the molecule is NC(=O)C1(NCCCc2c(Cl)cccc2Cl)CC1. The van der Waals surface area contributed by atoms with E-state index in [2.05, 4.69) is 5.32 Å². The Labute approximate surface area is 117 Å². The number of carbonyl (C=O) groups excluding carboxylic acids is 1. The highest BCUT2D eigenvalue weighted by atomic mass is 35.5. The maximum Gasteiger partial charge on any atom is 0.237 e. The van der Waals surface area contributed by atoms with Gasteiger partial charge in [-0.15, -0.1) is 0 Å². The van der Waals surface area contributed by atoms with Gasteiger partial charge >= 0.3 is 0 Å². The first-order chi connectivity index (χ1) is 8.55. The van der Waals surface area contributed by atoms with E-state index in [-0.39, 0.29) is 5.91 Å². The largest absolute Gasteiger partial charge is 0.368 e. The number of amides is 1. The van der Waals surface area contributed by atoms with Crippen LogP contribution in [-0.2, 0) is 11.2 Å². The van der Waals surface area contributed by atoms with Crippen LogP contribution in [0.3, 0.4) is 0 Å². The minimum Gasteiger partial charge on any atom is -0.368 e. The van der Waals surface area contributed by atoms with E-state index in [1.807, 2.05) is 18.2 Å². The fourth-order valence-electron chi connectivity index (χ4n) is 2.00. The molecule has 0 bridgehead atoms. The van der Waals surface area contributed by atoms with E-state index in [0.29, 0.717) is 10.0 Å². The predicted octanol–water partition coefficient (Wildman–Crippen LogP) is 2.53. The van der Waals surface area contributed by atoms with Gasteiger partial charge in [-0.25, -0.2) is 0 Å². The molecule has 0 aromatic heterocycles. The first-order valence-corrected chi connectivity index (χ1v) is 6.78. The quantitative estimate of drug-likeness (QED) is 0.790. The van der Waals surface area contributed by atoms with Crippen molar-refractivity contribution in [3.63, 3.8) is 0 Å². The molecule has 0 aliphatic heterocycles. The van der Waals surface area contributed by atoms with Crippen LogP contribution < -0.4 is 11.1 Å². The van der Waals surface area contributed by atoms with Gasteiger partial charge in [0.15, 0.2) is 0 Å². The zero-order valence-corrected chi connectivity index (χ0v) is 11.5. The molecule has 0 atom stereocenters. The van der Waals surface area contributed by atoms with Crippen LogP contribution in [0.2, 0.25) is 10.0 Å². The Morgan fingerprint density at radius 2 is 1.94 bits per heavy atom. The van der Waals surface area contributed by atoms with Crippen LogP contribution in [-0.4, -0.2) is 18.0 Å². The van der Waals surface area contributed by atoms with Crippen LogP contribution in [0.15, 0.2) is 18.2 Å². The smallest absolute Gasteiger partial charge is 0.237 e. The Balaban J connectivity index is 1.81. The number of carbonyl (C=O) groups is 1. The molecule has 18 heavy (non-hydrogen) atoms. The van der Waals surface area contributed by atoms with Gasteiger partial charge in [0.25, 0.3) is 0 Å². The summed E-state index contributed by atoms with van der Waals surface area (Å²) in [5.74, 6) is -0.252. The van der Waals surface area contributed by atoms with Gasteiger partial charge in [-0.1, -0.05) is 29.3 Å². The third-order valence-electron chi connectivity index (χ3n) is 3.35. The van der Waals surface area contributed by atoms with E-state index in [9.17, 15) is 4.79 Å². The highest BCUT2D eigenvalue weighted by Gasteiger charge is 2.47. The fraction of sp³-hybridized carbons (Fsp3) is 0.462. The Bertz CT molecular complexity index is 438. The maximum absolute atomic E-state index is 11.2. The summed E-state index contributed by atoms with van der Waals surface area (Å²) in [5, 5.41) is 4.60. The molecule has 0 unspecified atom stereocenters. The Kier molecular flexibility index (Phi) is 4.15. The van der Waals surface area contributed by atoms with E-state index in [1.54, 1.807) is 0 Å². The summed E-state index contributed by atoms with van der Waals surface area (Å²) >= 11 is 12.2. The topological polar surface area (TPSA) is 55.1 Å². The van der Waals surface area contributed by atoms with E-state index < -0.39 is 5.54 Å². The summed E-state index contributed by atoms with van der Waals surface area (Å²) in [5.41, 5.74) is 5.85. The van der Waals surface area contributed by atoms with E-state index in [4.69, 9.17) is 28.9 Å². The molecular weight excluding hydrogens is 271 g/mol. The van der Waals surface area contributed by atoms with Gasteiger partial charge in [-0.2, -0.15) is 0 Å². The normalized spacial score (nSPS) is 16.6. The predicted molar refractivity (Wildman–Crippen MR) is 73.9 cm³/mol. The van der Waals surface area contributed by atoms with Crippen molar-refractivity contribution in [1.82, 2.24) is 5.32 Å². The molecule has 98 valence electrons. The lowest BCUT2D eigenvalue weighted by atomic mass is 10.1. The van der Waals surface area contributed by atoms with Crippen molar-refractivity contribution in [2.75, 3.05) is 6.54 Å². The molecule has 0 spiro atoms. The number of hydrogen-bond acceptors (Lipinski definition) is 2. The van der Waals surface area contributed by atoms with Crippen molar-refractivity contribution in [3.8, 4) is 0 Å². The second kappa shape index (κ2) is 5.47. The molecule has 1 fully saturated rings. The van der Waals surface area contributed by atoms with Gasteiger partial charge in [-0.05, 0) is 49.9 Å². The average Bonchev–Trinajstić information content (AvgIpc) is 3.08. The lowest BCUT2D eigenvalue weighted by Crippen LogP contribution is -2.44. The lowest BCUT2D eigenvalue weighted by molar-refractivity contribution is -0.121. The first kappa shape index (κ1) is 13.7. The van der Waals surface area contributed by atoms with Crippen molar-refractivity contribution >= 4 is 29.1 Å². The first-order valence-electron chi connectivity index (χ1n) is 6.03. The summed E-state index contributed by atoms with van der Waals surface area (Å²) in [6, 6.07) is 5.50. The van der Waals surface area contributed by atoms with Gasteiger partial charge in [0.2, 0.25) is 5.91 Å². The van der Waals surface area contributed by atoms with Crippen LogP contribution in [0.1, 0.15) is 24.8 Å². The molecule has 1 aliphatic rings. The van der Waals surface area contributed by atoms with Crippen molar-refractivity contribution in [2.45, 2.75) is 31.2 Å². The zero-order valence-electron chi connectivity index (χ0n) is 10.0. The molecule has 5 heteroatoms. The Hall–Kier alpha value is -0.770. The number of hydrogen-bond donors (Lipinski definition) is 2. The minimum atomic E-state index is -0.440. The standard InChI is InChI=1S/C13H16Cl2N2O/c14-10-4-1-5-11(15)9(10)3-2-8-17-13(6-7-13)12(16)18/h1,4-5,17H,2-3,6-8H2,(H2,16,18). The van der Waals surface area contributed by atoms with Gasteiger partial charge < -0.3 is 11.1 Å². The van der Waals surface area contributed by atoms with Crippen LogP contribution in [0.5, 0.6) is 0 Å². The summed E-state index contributed by atoms with van der Waals surface area (Å²) in [4.78, 5) is 11.2. The molecule has 1 aromatic carbocycles. The number of nitrogens with one attached hydrogen (secondary N) is 1. The van der Waals surface area contributed by atoms with E-state index >= 15 is 0 Å². The third kappa shape index (κ3) is 2.97. The van der Waals surface area contributed by atoms with Crippen LogP contribution in [0.25, 0.3) is 0 Å². The number of primary amides is 1. The monoisotopic (exact) mass is 286 g/mol. The summed E-state index contributed by atoms with van der Waals surface area (Å²) in [6.07, 6.45) is 3.35. The average molecular weight is 287 g/mol. The summed E-state index contributed by atoms with van der Waals surface area (Å²) < 4.78 is 0. The van der Waals surface area contributed by atoms with Crippen molar-refractivity contribution in [1.29, 1.82) is 0 Å². The van der Waals surface area contributed by atoms with Crippen LogP contribution in [0, 0.1) is 0 Å². The molecule has 1 amide bonds. The lowest BCUT2D eigenvalue weighted by Gasteiger charge is -2.13. The molecule has 2 rings (SSSR count). The van der Waals surface area contributed by atoms with Crippen molar-refractivity contribution < 1.29 is 4.79 Å². The molecular formula is C13H16Cl2N2O. The molecule has 3 N–H and O–H groups in total. The summed E-state index contributed by atoms with van der Waals surface area (Å²) in [6.45, 7) is 0.741. The van der Waals surface area contributed by atoms with Crippen molar-refractivity contribution in [2.24, 2.45) is 5.73 Å². The number of halogens is 2. The van der Waals surface area contributed by atoms with E-state index in [0.717, 1.165) is 37.8 Å². The minimum absolute atomic E-state index is 0.252. The van der Waals surface area contributed by atoms with Gasteiger partial charge in [0.1, 0.15) is 0 Å². The van der Waals surface area contributed by atoms with Crippen LogP contribution >= 0.6 is 23.2 Å². The zero-order chi connectivity index (χ0) is 13.2. The van der Waals surface area contributed by atoms with Gasteiger partial charge in [0.05, 0.1) is 5.54 Å². The second-order valence-electron chi connectivity index (χ2n) is 4.68. The Morgan fingerprint density at radius 3 is 2.44 bits per heavy atom. The molecule has 0 radical (unpaired) electrons. The highest BCUT2D eigenvalue weighted by Crippen LogP contribution is 2.34. The number of nitrogens with two attached hydrogens (primary N) is 1. The number of benzene rings is 1. The Morgan fingerprint density at radius 1 is 1.33 bits per heavy atom. The van der Waals surface area contributed by atoms with Crippen molar-refractivity contribution in [3.05, 3.63) is 33.8 Å². The van der Waals surface area contributed by atoms with Gasteiger partial charge in [0, 0.05) is 10.0 Å². The molecule has 1 saturated carbocycles. The maximum atomic E-state index is 11.2. The molecule has 1 aromatic rings. The molecule has 1 aliphatic carbocycles.